The van der Waals surface area contributed by atoms with Gasteiger partial charge in [0.2, 0.25) is 5.91 Å². The Bertz CT molecular complexity index is 500. The summed E-state index contributed by atoms with van der Waals surface area (Å²) in [6.07, 6.45) is 4.03. The van der Waals surface area contributed by atoms with Crippen molar-refractivity contribution in [2.75, 3.05) is 11.9 Å². The molecule has 0 spiro atoms. The number of imide groups is 1. The summed E-state index contributed by atoms with van der Waals surface area (Å²) in [7, 11) is 1.81. The molecule has 4 nitrogen and oxygen atoms in total. The third kappa shape index (κ3) is 1.91. The Kier molecular flexibility index (Phi) is 3.01. The van der Waals surface area contributed by atoms with Crippen molar-refractivity contribution >= 4 is 17.6 Å². The topological polar surface area (TPSA) is 40.6 Å². The zero-order chi connectivity index (χ0) is 13.4. The Labute approximate surface area is 113 Å². The molecule has 1 saturated heterocycles. The van der Waals surface area contributed by atoms with Crippen LogP contribution in [-0.4, -0.2) is 29.9 Å². The number of hydrogen-bond donors (Lipinski definition) is 0. The number of fused-ring (bicyclic) bond motifs is 1. The first-order valence-electron chi connectivity index (χ1n) is 6.86. The van der Waals surface area contributed by atoms with E-state index >= 15 is 0 Å². The van der Waals surface area contributed by atoms with E-state index in [2.05, 4.69) is 0 Å². The largest absolute Gasteiger partial charge is 0.331 e. The van der Waals surface area contributed by atoms with Crippen LogP contribution in [0, 0.1) is 5.92 Å². The molecule has 0 bridgehead atoms. The molecule has 0 N–H and O–H groups in total. The predicted molar refractivity (Wildman–Crippen MR) is 72.8 cm³/mol. The Balaban J connectivity index is 1.97. The van der Waals surface area contributed by atoms with E-state index in [0.29, 0.717) is 5.69 Å². The van der Waals surface area contributed by atoms with E-state index in [-0.39, 0.29) is 23.9 Å². The molecule has 1 aromatic carbocycles. The van der Waals surface area contributed by atoms with Crippen molar-refractivity contribution in [1.29, 1.82) is 0 Å². The molecule has 2 atom stereocenters. The summed E-state index contributed by atoms with van der Waals surface area (Å²) >= 11 is 0. The van der Waals surface area contributed by atoms with Gasteiger partial charge < -0.3 is 4.90 Å². The molecule has 1 heterocycles. The van der Waals surface area contributed by atoms with Crippen molar-refractivity contribution in [2.45, 2.75) is 31.7 Å². The maximum Gasteiger partial charge on any atom is 0.331 e. The number of benzene rings is 1. The van der Waals surface area contributed by atoms with E-state index in [4.69, 9.17) is 0 Å². The number of carbonyl (C=O) groups is 2. The Morgan fingerprint density at radius 1 is 1.05 bits per heavy atom. The van der Waals surface area contributed by atoms with Gasteiger partial charge in [0, 0.05) is 13.1 Å². The summed E-state index contributed by atoms with van der Waals surface area (Å²) in [6.45, 7) is 0. The van der Waals surface area contributed by atoms with E-state index in [1.165, 1.54) is 4.90 Å². The van der Waals surface area contributed by atoms with Crippen LogP contribution < -0.4 is 4.90 Å². The fraction of sp³-hybridized carbons (Fsp3) is 0.467. The van der Waals surface area contributed by atoms with Crippen molar-refractivity contribution in [3.05, 3.63) is 30.3 Å². The molecule has 100 valence electrons. The number of hydrogen-bond acceptors (Lipinski definition) is 2. The molecule has 0 aromatic heterocycles. The molecule has 1 aliphatic heterocycles. The van der Waals surface area contributed by atoms with Gasteiger partial charge in [-0.2, -0.15) is 0 Å². The highest BCUT2D eigenvalue weighted by Gasteiger charge is 2.45. The highest BCUT2D eigenvalue weighted by Crippen LogP contribution is 2.35. The zero-order valence-electron chi connectivity index (χ0n) is 11.1. The molecule has 3 amide bonds. The number of amides is 3. The van der Waals surface area contributed by atoms with E-state index in [9.17, 15) is 9.59 Å². The molecular formula is C15H18N2O2. The van der Waals surface area contributed by atoms with Crippen molar-refractivity contribution in [2.24, 2.45) is 5.92 Å². The minimum Gasteiger partial charge on any atom is -0.323 e. The van der Waals surface area contributed by atoms with Gasteiger partial charge in [0.1, 0.15) is 0 Å². The lowest BCUT2D eigenvalue weighted by molar-refractivity contribution is -0.126. The van der Waals surface area contributed by atoms with E-state index < -0.39 is 0 Å². The SMILES string of the molecule is CN1C(=O)N(c2ccccc2)C(=O)C2CCCCC21. The molecule has 1 saturated carbocycles. The second-order valence-corrected chi connectivity index (χ2v) is 5.36. The standard InChI is InChI=1S/C15H18N2O2/c1-16-13-10-6-5-9-12(13)14(18)17(15(16)19)11-7-3-2-4-8-11/h2-4,7-8,12-13H,5-6,9-10H2,1H3. The van der Waals surface area contributed by atoms with Crippen molar-refractivity contribution in [3.63, 3.8) is 0 Å². The maximum absolute atomic E-state index is 12.6. The maximum atomic E-state index is 12.6. The molecule has 4 heteroatoms. The van der Waals surface area contributed by atoms with Crippen LogP contribution in [0.4, 0.5) is 10.5 Å². The summed E-state index contributed by atoms with van der Waals surface area (Å²) in [4.78, 5) is 28.1. The van der Waals surface area contributed by atoms with Gasteiger partial charge in [0.25, 0.3) is 0 Å². The second kappa shape index (κ2) is 4.68. The summed E-state index contributed by atoms with van der Waals surface area (Å²) in [6, 6.07) is 9.11. The van der Waals surface area contributed by atoms with Crippen LogP contribution in [0.25, 0.3) is 0 Å². The lowest BCUT2D eigenvalue weighted by atomic mass is 9.81. The van der Waals surface area contributed by atoms with Crippen LogP contribution >= 0.6 is 0 Å². The van der Waals surface area contributed by atoms with Gasteiger partial charge in [0.15, 0.2) is 0 Å². The Hall–Kier alpha value is -1.84. The van der Waals surface area contributed by atoms with Crippen LogP contribution in [0.3, 0.4) is 0 Å². The van der Waals surface area contributed by atoms with Crippen molar-refractivity contribution < 1.29 is 9.59 Å². The van der Waals surface area contributed by atoms with Gasteiger partial charge >= 0.3 is 6.03 Å². The van der Waals surface area contributed by atoms with Gasteiger partial charge in [-0.1, -0.05) is 31.0 Å². The predicted octanol–water partition coefficient (Wildman–Crippen LogP) is 2.64. The first-order valence-corrected chi connectivity index (χ1v) is 6.86. The zero-order valence-corrected chi connectivity index (χ0v) is 11.1. The highest BCUT2D eigenvalue weighted by atomic mass is 16.2. The highest BCUT2D eigenvalue weighted by molar-refractivity contribution is 6.16. The first-order chi connectivity index (χ1) is 9.20. The van der Waals surface area contributed by atoms with Gasteiger partial charge in [-0.3, -0.25) is 4.79 Å². The molecule has 1 aliphatic carbocycles. The summed E-state index contributed by atoms with van der Waals surface area (Å²) in [5.41, 5.74) is 0.674. The van der Waals surface area contributed by atoms with Crippen molar-refractivity contribution in [3.8, 4) is 0 Å². The molecule has 2 aliphatic rings. The van der Waals surface area contributed by atoms with Crippen LogP contribution in [0.1, 0.15) is 25.7 Å². The summed E-state index contributed by atoms with van der Waals surface area (Å²) in [5.74, 6) is -0.0596. The first kappa shape index (κ1) is 12.2. The Morgan fingerprint density at radius 3 is 2.47 bits per heavy atom. The number of nitrogens with zero attached hydrogens (tertiary/aromatic N) is 2. The van der Waals surface area contributed by atoms with E-state index in [0.717, 1.165) is 25.7 Å². The lowest BCUT2D eigenvalue weighted by Gasteiger charge is -2.45. The molecule has 19 heavy (non-hydrogen) atoms. The average molecular weight is 258 g/mol. The number of urea groups is 1. The number of para-hydroxylation sites is 1. The minimum atomic E-state index is -0.195. The summed E-state index contributed by atoms with van der Waals surface area (Å²) < 4.78 is 0. The third-order valence-corrected chi connectivity index (χ3v) is 4.27. The monoisotopic (exact) mass is 258 g/mol. The lowest BCUT2D eigenvalue weighted by Crippen LogP contribution is -2.61. The average Bonchev–Trinajstić information content (AvgIpc) is 2.46. The van der Waals surface area contributed by atoms with E-state index in [1.54, 1.807) is 4.90 Å². The van der Waals surface area contributed by atoms with Crippen molar-refractivity contribution in [1.82, 2.24) is 4.90 Å². The smallest absolute Gasteiger partial charge is 0.323 e. The molecule has 1 aromatic rings. The van der Waals surface area contributed by atoms with Crippen LogP contribution in [0.15, 0.2) is 30.3 Å². The van der Waals surface area contributed by atoms with Crippen LogP contribution in [0.2, 0.25) is 0 Å². The summed E-state index contributed by atoms with van der Waals surface area (Å²) in [5, 5.41) is 0. The second-order valence-electron chi connectivity index (χ2n) is 5.36. The van der Waals surface area contributed by atoms with Gasteiger partial charge in [-0.25, -0.2) is 9.69 Å². The minimum absolute atomic E-state index is 0.0287. The van der Waals surface area contributed by atoms with E-state index in [1.807, 2.05) is 37.4 Å². The van der Waals surface area contributed by atoms with Gasteiger partial charge in [0.05, 0.1) is 11.6 Å². The molecule has 3 rings (SSSR count). The normalized spacial score (nSPS) is 27.4. The van der Waals surface area contributed by atoms with Gasteiger partial charge in [-0.05, 0) is 25.0 Å². The number of carbonyl (C=O) groups excluding carboxylic acids is 2. The third-order valence-electron chi connectivity index (χ3n) is 4.27. The number of rotatable bonds is 1. The fourth-order valence-electron chi connectivity index (χ4n) is 3.24. The fourth-order valence-corrected chi connectivity index (χ4v) is 3.24. The quantitative estimate of drug-likeness (QED) is 0.777. The molecule has 0 radical (unpaired) electrons. The molecular weight excluding hydrogens is 240 g/mol. The Morgan fingerprint density at radius 2 is 1.74 bits per heavy atom. The molecule has 2 unspecified atom stereocenters. The van der Waals surface area contributed by atoms with Crippen LogP contribution in [0.5, 0.6) is 0 Å². The number of anilines is 1. The van der Waals surface area contributed by atoms with Gasteiger partial charge in [-0.15, -0.1) is 0 Å². The molecule has 2 fully saturated rings. The van der Waals surface area contributed by atoms with Crippen LogP contribution in [-0.2, 0) is 4.79 Å².